The van der Waals surface area contributed by atoms with Crippen LogP contribution in [0.5, 0.6) is 0 Å². The maximum absolute atomic E-state index is 12.5. The number of hydrogen-bond donors (Lipinski definition) is 2. The van der Waals surface area contributed by atoms with Crippen LogP contribution in [-0.4, -0.2) is 61.9 Å². The van der Waals surface area contributed by atoms with Gasteiger partial charge in [-0.2, -0.15) is 0 Å². The van der Waals surface area contributed by atoms with Crippen LogP contribution in [-0.2, 0) is 9.47 Å². The molecule has 0 saturated carbocycles. The van der Waals surface area contributed by atoms with E-state index in [0.29, 0.717) is 42.9 Å². The highest BCUT2D eigenvalue weighted by Gasteiger charge is 2.28. The number of nitrogens with one attached hydrogen (secondary N) is 1. The Hall–Kier alpha value is -1.38. The number of amides is 1. The zero-order chi connectivity index (χ0) is 14.5. The number of morpholine rings is 1. The second-order valence-electron chi connectivity index (χ2n) is 4.58. The summed E-state index contributed by atoms with van der Waals surface area (Å²) >= 11 is 1.28. The minimum absolute atomic E-state index is 0.0580. The number of nitrogen functional groups attached to an aromatic ring is 1. The first-order valence-electron chi connectivity index (χ1n) is 6.51. The number of anilines is 2. The third kappa shape index (κ3) is 3.38. The fourth-order valence-corrected chi connectivity index (χ4v) is 2.85. The summed E-state index contributed by atoms with van der Waals surface area (Å²) in [5.74, 6) is 0.203. The van der Waals surface area contributed by atoms with Gasteiger partial charge in [0.15, 0.2) is 5.13 Å². The molecule has 0 bridgehead atoms. The van der Waals surface area contributed by atoms with Crippen molar-refractivity contribution in [3.63, 3.8) is 0 Å². The summed E-state index contributed by atoms with van der Waals surface area (Å²) in [6.45, 7) is 4.88. The van der Waals surface area contributed by atoms with Gasteiger partial charge in [0, 0.05) is 20.2 Å². The van der Waals surface area contributed by atoms with Gasteiger partial charge in [0.25, 0.3) is 5.91 Å². The van der Waals surface area contributed by atoms with Crippen molar-refractivity contribution in [2.24, 2.45) is 0 Å². The molecule has 1 atom stereocenters. The largest absolute Gasteiger partial charge is 0.383 e. The fourth-order valence-electron chi connectivity index (χ4n) is 1.98. The Kier molecular flexibility index (Phi) is 5.16. The second kappa shape index (κ2) is 6.87. The molecule has 1 aliphatic heterocycles. The van der Waals surface area contributed by atoms with Gasteiger partial charge in [-0.05, 0) is 6.92 Å². The number of aromatic nitrogens is 1. The molecule has 1 saturated heterocycles. The van der Waals surface area contributed by atoms with E-state index in [4.69, 9.17) is 15.2 Å². The van der Waals surface area contributed by atoms with E-state index in [9.17, 15) is 4.79 Å². The zero-order valence-electron chi connectivity index (χ0n) is 11.7. The number of ether oxygens (including phenoxy) is 2. The standard InChI is InChI=1S/C12H20N4O3S/c1-8-7-19-6-4-16(8)11(17)9-10(13)15-12(20-9)14-3-5-18-2/h8H,3-7,13H2,1-2H3,(H,14,15). The molecule has 2 heterocycles. The van der Waals surface area contributed by atoms with Crippen molar-refractivity contribution < 1.29 is 14.3 Å². The molecule has 2 rings (SSSR count). The molecule has 0 aliphatic carbocycles. The highest BCUT2D eigenvalue weighted by molar-refractivity contribution is 7.18. The Morgan fingerprint density at radius 3 is 3.20 bits per heavy atom. The van der Waals surface area contributed by atoms with Crippen molar-refractivity contribution in [3.05, 3.63) is 4.88 Å². The van der Waals surface area contributed by atoms with Gasteiger partial charge in [-0.3, -0.25) is 4.79 Å². The van der Waals surface area contributed by atoms with Crippen LogP contribution in [0.25, 0.3) is 0 Å². The van der Waals surface area contributed by atoms with Gasteiger partial charge in [-0.25, -0.2) is 4.98 Å². The van der Waals surface area contributed by atoms with Gasteiger partial charge in [-0.15, -0.1) is 0 Å². The van der Waals surface area contributed by atoms with Crippen molar-refractivity contribution in [1.29, 1.82) is 0 Å². The summed E-state index contributed by atoms with van der Waals surface area (Å²) in [6.07, 6.45) is 0. The van der Waals surface area contributed by atoms with E-state index >= 15 is 0 Å². The number of nitrogens with zero attached hydrogens (tertiary/aromatic N) is 2. The first-order valence-corrected chi connectivity index (χ1v) is 7.33. The lowest BCUT2D eigenvalue weighted by atomic mass is 10.2. The van der Waals surface area contributed by atoms with E-state index in [1.165, 1.54) is 11.3 Å². The van der Waals surface area contributed by atoms with Crippen molar-refractivity contribution in [3.8, 4) is 0 Å². The third-order valence-corrected chi connectivity index (χ3v) is 4.08. The van der Waals surface area contributed by atoms with Crippen LogP contribution in [0.3, 0.4) is 0 Å². The van der Waals surface area contributed by atoms with Crippen LogP contribution in [0.4, 0.5) is 10.9 Å². The predicted molar refractivity (Wildman–Crippen MR) is 78.2 cm³/mol. The highest BCUT2D eigenvalue weighted by atomic mass is 32.1. The molecule has 20 heavy (non-hydrogen) atoms. The summed E-state index contributed by atoms with van der Waals surface area (Å²) in [7, 11) is 1.63. The van der Waals surface area contributed by atoms with E-state index in [1.807, 2.05) is 6.92 Å². The first-order chi connectivity index (χ1) is 9.63. The van der Waals surface area contributed by atoms with E-state index in [0.717, 1.165) is 0 Å². The van der Waals surface area contributed by atoms with E-state index in [1.54, 1.807) is 12.0 Å². The number of nitrogens with two attached hydrogens (primary N) is 1. The maximum Gasteiger partial charge on any atom is 0.268 e. The van der Waals surface area contributed by atoms with Gasteiger partial charge in [0.05, 0.1) is 25.9 Å². The summed E-state index contributed by atoms with van der Waals surface area (Å²) < 4.78 is 10.3. The molecule has 3 N–H and O–H groups in total. The van der Waals surface area contributed by atoms with E-state index in [2.05, 4.69) is 10.3 Å². The molecule has 1 fully saturated rings. The average molecular weight is 300 g/mol. The number of carbonyl (C=O) groups is 1. The minimum atomic E-state index is -0.0735. The summed E-state index contributed by atoms with van der Waals surface area (Å²) in [6, 6.07) is 0.0580. The summed E-state index contributed by atoms with van der Waals surface area (Å²) in [5.41, 5.74) is 5.85. The number of methoxy groups -OCH3 is 1. The van der Waals surface area contributed by atoms with Crippen molar-refractivity contribution >= 4 is 28.2 Å². The van der Waals surface area contributed by atoms with E-state index in [-0.39, 0.29) is 17.8 Å². The van der Waals surface area contributed by atoms with Crippen molar-refractivity contribution in [1.82, 2.24) is 9.88 Å². The lowest BCUT2D eigenvalue weighted by Crippen LogP contribution is -2.47. The second-order valence-corrected chi connectivity index (χ2v) is 5.57. The number of hydrogen-bond acceptors (Lipinski definition) is 7. The molecule has 0 aromatic carbocycles. The van der Waals surface area contributed by atoms with Crippen LogP contribution < -0.4 is 11.1 Å². The van der Waals surface area contributed by atoms with Gasteiger partial charge < -0.3 is 25.4 Å². The van der Waals surface area contributed by atoms with Gasteiger partial charge in [0.1, 0.15) is 10.7 Å². The number of rotatable bonds is 5. The first kappa shape index (κ1) is 15.0. The molecule has 7 nitrogen and oxygen atoms in total. The smallest absolute Gasteiger partial charge is 0.268 e. The van der Waals surface area contributed by atoms with Crippen LogP contribution in [0.2, 0.25) is 0 Å². The van der Waals surface area contributed by atoms with Crippen LogP contribution >= 0.6 is 11.3 Å². The molecule has 0 radical (unpaired) electrons. The van der Waals surface area contributed by atoms with Crippen LogP contribution in [0.1, 0.15) is 16.6 Å². The molecule has 8 heteroatoms. The predicted octanol–water partition coefficient (Wildman–Crippen LogP) is 0.645. The fraction of sp³-hybridized carbons (Fsp3) is 0.667. The van der Waals surface area contributed by atoms with Crippen molar-refractivity contribution in [2.45, 2.75) is 13.0 Å². The van der Waals surface area contributed by atoms with E-state index < -0.39 is 0 Å². The average Bonchev–Trinajstić information content (AvgIpc) is 2.80. The monoisotopic (exact) mass is 300 g/mol. The van der Waals surface area contributed by atoms with Crippen LogP contribution in [0.15, 0.2) is 0 Å². The zero-order valence-corrected chi connectivity index (χ0v) is 12.5. The van der Waals surface area contributed by atoms with Gasteiger partial charge in [-0.1, -0.05) is 11.3 Å². The quantitative estimate of drug-likeness (QED) is 0.776. The number of thiazole rings is 1. The Bertz CT molecular complexity index is 466. The molecule has 0 spiro atoms. The topological polar surface area (TPSA) is 89.7 Å². The Labute approximate surface area is 122 Å². The summed E-state index contributed by atoms with van der Waals surface area (Å²) in [4.78, 5) is 18.9. The molecule has 112 valence electrons. The lowest BCUT2D eigenvalue weighted by molar-refractivity contribution is 0.00391. The lowest BCUT2D eigenvalue weighted by Gasteiger charge is -2.32. The molecule has 1 aromatic rings. The molecule has 1 aliphatic rings. The summed E-state index contributed by atoms with van der Waals surface area (Å²) in [5, 5.41) is 3.73. The van der Waals surface area contributed by atoms with Crippen molar-refractivity contribution in [2.75, 3.05) is 51.1 Å². The number of carbonyl (C=O) groups excluding carboxylic acids is 1. The minimum Gasteiger partial charge on any atom is -0.383 e. The molecule has 1 aromatic heterocycles. The molecular formula is C12H20N4O3S. The molecule has 1 amide bonds. The van der Waals surface area contributed by atoms with Crippen LogP contribution in [0, 0.1) is 0 Å². The third-order valence-electron chi connectivity index (χ3n) is 3.06. The normalized spacial score (nSPS) is 19.1. The van der Waals surface area contributed by atoms with Gasteiger partial charge >= 0.3 is 0 Å². The molecule has 1 unspecified atom stereocenters. The maximum atomic E-state index is 12.5. The Balaban J connectivity index is 2.05. The van der Waals surface area contributed by atoms with Gasteiger partial charge in [0.2, 0.25) is 0 Å². The SMILES string of the molecule is COCCNc1nc(N)c(C(=O)N2CCOCC2C)s1. The Morgan fingerprint density at radius 1 is 1.70 bits per heavy atom. The highest BCUT2D eigenvalue weighted by Crippen LogP contribution is 2.27. The molecular weight excluding hydrogens is 280 g/mol. The Morgan fingerprint density at radius 2 is 2.50 bits per heavy atom.